The van der Waals surface area contributed by atoms with Gasteiger partial charge in [-0.15, -0.1) is 0 Å². The van der Waals surface area contributed by atoms with E-state index in [0.717, 1.165) is 5.56 Å². The van der Waals surface area contributed by atoms with E-state index in [1.165, 1.54) is 0 Å². The molecule has 1 N–H and O–H groups in total. The van der Waals surface area contributed by atoms with Crippen molar-refractivity contribution in [1.29, 1.82) is 0 Å². The molecule has 0 unspecified atom stereocenters. The number of carbonyl (C=O) groups is 1. The molecule has 0 atom stereocenters. The molecule has 1 aromatic heterocycles. The molecule has 6 nitrogen and oxygen atoms in total. The largest absolute Gasteiger partial charge is 0.362 e. The number of aromatic nitrogens is 2. The maximum atomic E-state index is 12.5. The number of nitrogens with zero attached hydrogens (tertiary/aromatic N) is 2. The van der Waals surface area contributed by atoms with Crippen molar-refractivity contribution < 1.29 is 13.2 Å². The number of carbonyl (C=O) groups excluding carboxylic acids is 1. The Morgan fingerprint density at radius 1 is 1.08 bits per heavy atom. The second-order valence-corrected chi connectivity index (χ2v) is 8.46. The Morgan fingerprint density at radius 2 is 1.85 bits per heavy atom. The Labute approximate surface area is 151 Å². The number of anilines is 1. The highest BCUT2D eigenvalue weighted by Gasteiger charge is 2.22. The van der Waals surface area contributed by atoms with Crippen LogP contribution in [0.5, 0.6) is 0 Å². The number of rotatable bonds is 4. The summed E-state index contributed by atoms with van der Waals surface area (Å²) >= 11 is 0. The van der Waals surface area contributed by atoms with Gasteiger partial charge in [-0.05, 0) is 25.1 Å². The highest BCUT2D eigenvalue weighted by molar-refractivity contribution is 7.91. The zero-order valence-electron chi connectivity index (χ0n) is 14.2. The Kier molecular flexibility index (Phi) is 3.96. The lowest BCUT2D eigenvalue weighted by atomic mass is 10.0. The van der Waals surface area contributed by atoms with Crippen molar-refractivity contribution in [2.24, 2.45) is 0 Å². The molecule has 0 fully saturated rings. The predicted octanol–water partition coefficient (Wildman–Crippen LogP) is 2.56. The third-order valence-corrected chi connectivity index (χ3v) is 6.19. The van der Waals surface area contributed by atoms with E-state index in [4.69, 9.17) is 0 Å². The molecule has 0 bridgehead atoms. The summed E-state index contributed by atoms with van der Waals surface area (Å²) in [5.74, 6) is 0.969. The molecular weight excluding hydrogens is 350 g/mol. The molecule has 0 radical (unpaired) electrons. The van der Waals surface area contributed by atoms with E-state index >= 15 is 0 Å². The summed E-state index contributed by atoms with van der Waals surface area (Å²) in [6, 6.07) is 12.2. The molecule has 2 aromatic carbocycles. The highest BCUT2D eigenvalue weighted by atomic mass is 32.2. The third-order valence-electron chi connectivity index (χ3n) is 4.46. The van der Waals surface area contributed by atoms with Crippen molar-refractivity contribution in [1.82, 2.24) is 9.97 Å². The SMILES string of the molecule is Cc1ccc(S(=O)(=O)CCc2nc3c4c(cccc4n2)C(=O)CN3)cc1. The normalized spacial score (nSPS) is 13.7. The molecule has 0 amide bonds. The van der Waals surface area contributed by atoms with Gasteiger partial charge >= 0.3 is 0 Å². The van der Waals surface area contributed by atoms with Crippen LogP contribution in [0.25, 0.3) is 10.9 Å². The molecule has 2 heterocycles. The van der Waals surface area contributed by atoms with E-state index in [1.807, 2.05) is 13.0 Å². The molecule has 3 aromatic rings. The molecule has 7 heteroatoms. The number of benzene rings is 2. The van der Waals surface area contributed by atoms with E-state index in [0.29, 0.717) is 33.0 Å². The van der Waals surface area contributed by atoms with Crippen molar-refractivity contribution in [2.45, 2.75) is 18.2 Å². The minimum absolute atomic E-state index is 0.00130. The Bertz CT molecular complexity index is 1120. The average molecular weight is 367 g/mol. The van der Waals surface area contributed by atoms with E-state index in [-0.39, 0.29) is 24.5 Å². The van der Waals surface area contributed by atoms with Gasteiger partial charge < -0.3 is 5.32 Å². The highest BCUT2D eigenvalue weighted by Crippen LogP contribution is 2.28. The fraction of sp³-hybridized carbons (Fsp3) is 0.211. The predicted molar refractivity (Wildman–Crippen MR) is 99.3 cm³/mol. The van der Waals surface area contributed by atoms with E-state index < -0.39 is 9.84 Å². The lowest BCUT2D eigenvalue weighted by molar-refractivity contribution is 0.101. The Balaban J connectivity index is 1.64. The summed E-state index contributed by atoms with van der Waals surface area (Å²) in [5, 5.41) is 3.70. The third kappa shape index (κ3) is 2.94. The summed E-state index contributed by atoms with van der Waals surface area (Å²) in [6.45, 7) is 2.10. The lowest BCUT2D eigenvalue weighted by Gasteiger charge is -2.17. The first-order valence-electron chi connectivity index (χ1n) is 8.30. The molecular formula is C19H17N3O3S. The summed E-state index contributed by atoms with van der Waals surface area (Å²) in [5.41, 5.74) is 2.27. The summed E-state index contributed by atoms with van der Waals surface area (Å²) in [4.78, 5) is 21.2. The summed E-state index contributed by atoms with van der Waals surface area (Å²) < 4.78 is 25.1. The van der Waals surface area contributed by atoms with E-state index in [9.17, 15) is 13.2 Å². The van der Waals surface area contributed by atoms with Gasteiger partial charge in [0.05, 0.1) is 28.1 Å². The first-order valence-corrected chi connectivity index (χ1v) is 9.95. The number of Topliss-reactive ketones (excluding diaryl/α,β-unsaturated/α-hetero) is 1. The zero-order valence-corrected chi connectivity index (χ0v) is 15.0. The first-order chi connectivity index (χ1) is 12.4. The van der Waals surface area contributed by atoms with Gasteiger partial charge in [-0.25, -0.2) is 18.4 Å². The Hall–Kier alpha value is -2.80. The van der Waals surface area contributed by atoms with E-state index in [2.05, 4.69) is 15.3 Å². The van der Waals surface area contributed by atoms with Crippen molar-refractivity contribution in [3.8, 4) is 0 Å². The van der Waals surface area contributed by atoms with Crippen molar-refractivity contribution in [3.05, 3.63) is 59.4 Å². The quantitative estimate of drug-likeness (QED) is 0.762. The molecule has 0 saturated heterocycles. The van der Waals surface area contributed by atoms with Crippen LogP contribution in [0.4, 0.5) is 5.82 Å². The van der Waals surface area contributed by atoms with Gasteiger partial charge in [-0.2, -0.15) is 0 Å². The van der Waals surface area contributed by atoms with Crippen molar-refractivity contribution in [2.75, 3.05) is 17.6 Å². The number of hydrogen-bond acceptors (Lipinski definition) is 6. The van der Waals surface area contributed by atoms with Gasteiger partial charge in [-0.1, -0.05) is 29.8 Å². The second kappa shape index (κ2) is 6.17. The lowest BCUT2D eigenvalue weighted by Crippen LogP contribution is -2.22. The molecule has 132 valence electrons. The minimum atomic E-state index is -3.41. The minimum Gasteiger partial charge on any atom is -0.362 e. The zero-order chi connectivity index (χ0) is 18.3. The summed E-state index contributed by atoms with van der Waals surface area (Å²) in [6.07, 6.45) is 0.207. The van der Waals surface area contributed by atoms with Crippen LogP contribution in [0.3, 0.4) is 0 Å². The number of aryl methyl sites for hydroxylation is 2. The Morgan fingerprint density at radius 3 is 2.62 bits per heavy atom. The van der Waals surface area contributed by atoms with Crippen LogP contribution in [0, 0.1) is 6.92 Å². The van der Waals surface area contributed by atoms with Crippen LogP contribution >= 0.6 is 0 Å². The molecule has 0 spiro atoms. The number of hydrogen-bond donors (Lipinski definition) is 1. The maximum Gasteiger partial charge on any atom is 0.182 e. The molecule has 1 aliphatic heterocycles. The second-order valence-electron chi connectivity index (χ2n) is 6.35. The summed E-state index contributed by atoms with van der Waals surface area (Å²) in [7, 11) is -3.41. The molecule has 1 aliphatic rings. The first kappa shape index (κ1) is 16.7. The van der Waals surface area contributed by atoms with Crippen LogP contribution in [0.2, 0.25) is 0 Å². The number of ketones is 1. The van der Waals surface area contributed by atoms with Crippen LogP contribution in [0.15, 0.2) is 47.4 Å². The van der Waals surface area contributed by atoms with Gasteiger partial charge in [0.1, 0.15) is 11.6 Å². The standard InChI is InChI=1S/C19H17N3O3S/c1-12-5-7-13(8-6-12)26(24,25)10-9-17-21-15-4-2-3-14-16(23)11-20-19(22-17)18(14)15/h2-8H,9-11H2,1H3,(H,20,21,22). The van der Waals surface area contributed by atoms with Crippen LogP contribution in [-0.4, -0.2) is 36.5 Å². The topological polar surface area (TPSA) is 89.0 Å². The fourth-order valence-corrected chi connectivity index (χ4v) is 4.29. The average Bonchev–Trinajstić information content (AvgIpc) is 2.63. The number of nitrogens with one attached hydrogen (secondary N) is 1. The van der Waals surface area contributed by atoms with Gasteiger partial charge in [0.15, 0.2) is 15.6 Å². The van der Waals surface area contributed by atoms with Crippen LogP contribution < -0.4 is 5.32 Å². The smallest absolute Gasteiger partial charge is 0.182 e. The fourth-order valence-electron chi connectivity index (χ4n) is 3.05. The van der Waals surface area contributed by atoms with Crippen molar-refractivity contribution in [3.63, 3.8) is 0 Å². The molecule has 26 heavy (non-hydrogen) atoms. The molecule has 4 rings (SSSR count). The monoisotopic (exact) mass is 367 g/mol. The van der Waals surface area contributed by atoms with Gasteiger partial charge in [-0.3, -0.25) is 4.79 Å². The van der Waals surface area contributed by atoms with E-state index in [1.54, 1.807) is 36.4 Å². The van der Waals surface area contributed by atoms with Gasteiger partial charge in [0.2, 0.25) is 0 Å². The van der Waals surface area contributed by atoms with Crippen LogP contribution in [-0.2, 0) is 16.3 Å². The maximum absolute atomic E-state index is 12.5. The molecule has 0 saturated carbocycles. The van der Waals surface area contributed by atoms with Gasteiger partial charge in [0, 0.05) is 12.0 Å². The van der Waals surface area contributed by atoms with Crippen molar-refractivity contribution >= 4 is 32.3 Å². The molecule has 0 aliphatic carbocycles. The van der Waals surface area contributed by atoms with Gasteiger partial charge in [0.25, 0.3) is 0 Å². The number of sulfone groups is 1. The van der Waals surface area contributed by atoms with Crippen LogP contribution in [0.1, 0.15) is 21.7 Å².